The summed E-state index contributed by atoms with van der Waals surface area (Å²) in [6.07, 6.45) is 5.86. The van der Waals surface area contributed by atoms with Gasteiger partial charge in [-0.15, -0.1) is 0 Å². The number of nitrogens with zero attached hydrogens (tertiary/aromatic N) is 1. The van der Waals surface area contributed by atoms with Crippen molar-refractivity contribution in [2.75, 3.05) is 31.7 Å². The molecule has 1 heterocycles. The molecule has 1 aliphatic rings. The van der Waals surface area contributed by atoms with Crippen molar-refractivity contribution in [1.82, 2.24) is 10.2 Å². The zero-order chi connectivity index (χ0) is 19.8. The Bertz CT molecular complexity index is 450. The number of unbranched alkanes of at least 4 members (excludes halogenated alkanes) is 1. The second-order valence-electron chi connectivity index (χ2n) is 8.87. The Hall–Kier alpha value is -0.460. The Kier molecular flexibility index (Phi) is 9.76. The van der Waals surface area contributed by atoms with Crippen molar-refractivity contribution < 1.29 is 13.7 Å². The van der Waals surface area contributed by atoms with Gasteiger partial charge in [0.25, 0.3) is 0 Å². The van der Waals surface area contributed by atoms with Gasteiger partial charge in [0.05, 0.1) is 13.5 Å². The number of esters is 1. The molecule has 6 heteroatoms. The van der Waals surface area contributed by atoms with Crippen molar-refractivity contribution in [3.63, 3.8) is 0 Å². The number of piperidine rings is 1. The fourth-order valence-corrected chi connectivity index (χ4v) is 5.24. The molecule has 26 heavy (non-hydrogen) atoms. The molecule has 0 aromatic heterocycles. The third-order valence-electron chi connectivity index (χ3n) is 5.06. The Labute approximate surface area is 163 Å². The molecule has 1 fully saturated rings. The van der Waals surface area contributed by atoms with E-state index >= 15 is 0 Å². The maximum absolute atomic E-state index is 12.1. The van der Waals surface area contributed by atoms with Gasteiger partial charge in [0.2, 0.25) is 0 Å². The lowest BCUT2D eigenvalue weighted by molar-refractivity contribution is -0.140. The van der Waals surface area contributed by atoms with Crippen LogP contribution in [0.1, 0.15) is 73.1 Å². The maximum Gasteiger partial charge on any atom is 0.306 e. The van der Waals surface area contributed by atoms with Crippen molar-refractivity contribution in [3.8, 4) is 0 Å². The standard InChI is InChI=1S/C20H40N2O3S/c1-7-8-11-22(12-9-13-26(24)14-10-18(23)25-6)17-15-19(2,3)21-20(4,5)16-17/h17,21H,7-16H2,1-6H3. The topological polar surface area (TPSA) is 58.6 Å². The van der Waals surface area contributed by atoms with E-state index in [1.165, 1.54) is 20.0 Å². The van der Waals surface area contributed by atoms with Crippen molar-refractivity contribution in [1.29, 1.82) is 0 Å². The molecule has 0 aromatic carbocycles. The van der Waals surface area contributed by atoms with E-state index in [1.807, 2.05) is 0 Å². The minimum Gasteiger partial charge on any atom is -0.469 e. The Morgan fingerprint density at radius 3 is 2.23 bits per heavy atom. The van der Waals surface area contributed by atoms with Gasteiger partial charge in [-0.3, -0.25) is 9.00 Å². The third-order valence-corrected chi connectivity index (χ3v) is 6.47. The Balaban J connectivity index is 2.55. The van der Waals surface area contributed by atoms with Crippen LogP contribution in [0.2, 0.25) is 0 Å². The molecule has 0 aliphatic carbocycles. The summed E-state index contributed by atoms with van der Waals surface area (Å²) in [7, 11) is 0.434. The average Bonchev–Trinajstić information content (AvgIpc) is 2.52. The van der Waals surface area contributed by atoms with Crippen LogP contribution in [0.4, 0.5) is 0 Å². The number of nitrogens with one attached hydrogen (secondary N) is 1. The summed E-state index contributed by atoms with van der Waals surface area (Å²) in [6, 6.07) is 0.566. The maximum atomic E-state index is 12.1. The lowest BCUT2D eigenvalue weighted by Gasteiger charge is -2.50. The molecule has 0 aromatic rings. The van der Waals surface area contributed by atoms with Crippen molar-refractivity contribution in [3.05, 3.63) is 0 Å². The van der Waals surface area contributed by atoms with Gasteiger partial charge in [-0.1, -0.05) is 13.3 Å². The molecule has 1 atom stereocenters. The molecule has 1 rings (SSSR count). The van der Waals surface area contributed by atoms with E-state index in [4.69, 9.17) is 0 Å². The highest BCUT2D eigenvalue weighted by Crippen LogP contribution is 2.31. The average molecular weight is 389 g/mol. The first kappa shape index (κ1) is 23.6. The van der Waals surface area contributed by atoms with Gasteiger partial charge >= 0.3 is 5.97 Å². The molecule has 0 saturated carbocycles. The van der Waals surface area contributed by atoms with Gasteiger partial charge in [-0.25, -0.2) is 0 Å². The van der Waals surface area contributed by atoms with E-state index in [9.17, 15) is 9.00 Å². The minimum atomic E-state index is -0.940. The summed E-state index contributed by atoms with van der Waals surface area (Å²) in [4.78, 5) is 13.8. The summed E-state index contributed by atoms with van der Waals surface area (Å²) >= 11 is 0. The molecule has 1 saturated heterocycles. The van der Waals surface area contributed by atoms with Gasteiger partial charge in [-0.2, -0.15) is 0 Å². The number of ether oxygens (including phenoxy) is 1. The molecule has 0 amide bonds. The number of hydrogen-bond acceptors (Lipinski definition) is 5. The molecule has 0 bridgehead atoms. The Morgan fingerprint density at radius 2 is 1.69 bits per heavy atom. The minimum absolute atomic E-state index is 0.139. The molecule has 1 N–H and O–H groups in total. The largest absolute Gasteiger partial charge is 0.469 e. The van der Waals surface area contributed by atoms with Crippen LogP contribution in [0.15, 0.2) is 0 Å². The fourth-order valence-electron chi connectivity index (χ4n) is 4.19. The predicted molar refractivity (Wildman–Crippen MR) is 110 cm³/mol. The first-order valence-corrected chi connectivity index (χ1v) is 11.5. The van der Waals surface area contributed by atoms with Gasteiger partial charge < -0.3 is 15.0 Å². The van der Waals surface area contributed by atoms with Crippen LogP contribution >= 0.6 is 0 Å². The van der Waals surface area contributed by atoms with Gasteiger partial charge in [0.1, 0.15) is 0 Å². The number of methoxy groups -OCH3 is 1. The Morgan fingerprint density at radius 1 is 1.12 bits per heavy atom. The normalized spacial score (nSPS) is 20.9. The summed E-state index contributed by atoms with van der Waals surface area (Å²) in [5.41, 5.74) is 0.278. The van der Waals surface area contributed by atoms with E-state index in [0.717, 1.165) is 32.4 Å². The summed E-state index contributed by atoms with van der Waals surface area (Å²) in [5, 5.41) is 3.76. The van der Waals surface area contributed by atoms with Crippen LogP contribution in [0.3, 0.4) is 0 Å². The van der Waals surface area contributed by atoms with E-state index in [1.54, 1.807) is 0 Å². The number of carbonyl (C=O) groups excluding carboxylic acids is 1. The molecule has 5 nitrogen and oxygen atoms in total. The zero-order valence-electron chi connectivity index (χ0n) is 17.7. The SMILES string of the molecule is CCCCN(CCCS(=O)CCC(=O)OC)C1CC(C)(C)NC(C)(C)C1. The molecule has 0 spiro atoms. The summed E-state index contributed by atoms with van der Waals surface area (Å²) in [5.74, 6) is 0.800. The molecular weight excluding hydrogens is 348 g/mol. The van der Waals surface area contributed by atoms with Crippen LogP contribution in [0.5, 0.6) is 0 Å². The van der Waals surface area contributed by atoms with E-state index in [2.05, 4.69) is 49.6 Å². The predicted octanol–water partition coefficient (Wildman–Crippen LogP) is 3.10. The highest BCUT2D eigenvalue weighted by Gasteiger charge is 2.39. The highest BCUT2D eigenvalue weighted by molar-refractivity contribution is 7.84. The van der Waals surface area contributed by atoms with Gasteiger partial charge in [0.15, 0.2) is 0 Å². The van der Waals surface area contributed by atoms with Crippen LogP contribution in [-0.4, -0.2) is 63.9 Å². The van der Waals surface area contributed by atoms with E-state index in [0.29, 0.717) is 17.5 Å². The van der Waals surface area contributed by atoms with Crippen molar-refractivity contribution in [2.45, 2.75) is 90.3 Å². The van der Waals surface area contributed by atoms with Crippen LogP contribution < -0.4 is 5.32 Å². The molecule has 1 unspecified atom stereocenters. The molecule has 0 radical (unpaired) electrons. The number of carbonyl (C=O) groups is 1. The zero-order valence-corrected chi connectivity index (χ0v) is 18.5. The lowest BCUT2D eigenvalue weighted by atomic mass is 9.79. The second-order valence-corrected chi connectivity index (χ2v) is 10.6. The van der Waals surface area contributed by atoms with Gasteiger partial charge in [0, 0.05) is 39.4 Å². The van der Waals surface area contributed by atoms with E-state index in [-0.39, 0.29) is 23.5 Å². The molecule has 1 aliphatic heterocycles. The quantitative estimate of drug-likeness (QED) is 0.551. The van der Waals surface area contributed by atoms with Gasteiger partial charge in [-0.05, 0) is 66.5 Å². The second kappa shape index (κ2) is 10.8. The monoisotopic (exact) mass is 388 g/mol. The van der Waals surface area contributed by atoms with Crippen molar-refractivity contribution in [2.24, 2.45) is 0 Å². The van der Waals surface area contributed by atoms with Crippen LogP contribution in [0, 0.1) is 0 Å². The third kappa shape index (κ3) is 8.96. The fraction of sp³-hybridized carbons (Fsp3) is 0.950. The number of rotatable bonds is 11. The van der Waals surface area contributed by atoms with Crippen molar-refractivity contribution >= 4 is 16.8 Å². The lowest BCUT2D eigenvalue weighted by Crippen LogP contribution is -2.62. The van der Waals surface area contributed by atoms with Crippen LogP contribution in [0.25, 0.3) is 0 Å². The molecular formula is C20H40N2O3S. The summed E-state index contributed by atoms with van der Waals surface area (Å²) < 4.78 is 16.7. The first-order valence-electron chi connectivity index (χ1n) is 10.0. The smallest absolute Gasteiger partial charge is 0.306 e. The van der Waals surface area contributed by atoms with Crippen LogP contribution in [-0.2, 0) is 20.3 Å². The summed E-state index contributed by atoms with van der Waals surface area (Å²) in [6.45, 7) is 13.5. The first-order chi connectivity index (χ1) is 12.1. The highest BCUT2D eigenvalue weighted by atomic mass is 32.2. The molecule has 154 valence electrons. The number of hydrogen-bond donors (Lipinski definition) is 1. The van der Waals surface area contributed by atoms with E-state index < -0.39 is 10.8 Å².